The zero-order valence-electron chi connectivity index (χ0n) is 10.9. The molecule has 1 aromatic rings. The first-order valence-electron chi connectivity index (χ1n) is 6.30. The summed E-state index contributed by atoms with van der Waals surface area (Å²) in [6.07, 6.45) is 1.73. The fraction of sp³-hybridized carbons (Fsp3) is 0.500. The van der Waals surface area contributed by atoms with Gasteiger partial charge in [0.2, 0.25) is 5.91 Å². The molecule has 0 bridgehead atoms. The molecular weight excluding hydrogens is 292 g/mol. The quantitative estimate of drug-likeness (QED) is 0.848. The monoisotopic (exact) mass is 312 g/mol. The van der Waals surface area contributed by atoms with Gasteiger partial charge in [0, 0.05) is 10.4 Å². The molecule has 2 atom stereocenters. The van der Waals surface area contributed by atoms with Gasteiger partial charge < -0.3 is 11.1 Å². The largest absolute Gasteiger partial charge is 0.349 e. The Morgan fingerprint density at radius 1 is 1.44 bits per heavy atom. The van der Waals surface area contributed by atoms with Gasteiger partial charge >= 0.3 is 0 Å². The van der Waals surface area contributed by atoms with E-state index in [0.717, 1.165) is 22.9 Å². The van der Waals surface area contributed by atoms with E-state index >= 15 is 0 Å². The van der Waals surface area contributed by atoms with Crippen LogP contribution in [0.5, 0.6) is 0 Å². The number of nitrogens with two attached hydrogens (primary N) is 1. The molecule has 0 aliphatic heterocycles. The van der Waals surface area contributed by atoms with Crippen LogP contribution in [0.25, 0.3) is 0 Å². The second kappa shape index (κ2) is 7.54. The molecule has 0 saturated heterocycles. The summed E-state index contributed by atoms with van der Waals surface area (Å²) in [5.74, 6) is 0.110. The fourth-order valence-corrected chi connectivity index (χ4v) is 2.19. The number of benzene rings is 1. The third kappa shape index (κ3) is 4.78. The molecule has 0 fully saturated rings. The second-order valence-electron chi connectivity index (χ2n) is 4.62. The van der Waals surface area contributed by atoms with Gasteiger partial charge in [-0.2, -0.15) is 0 Å². The molecule has 0 radical (unpaired) electrons. The van der Waals surface area contributed by atoms with Crippen LogP contribution >= 0.6 is 15.9 Å². The van der Waals surface area contributed by atoms with Crippen LogP contribution in [0, 0.1) is 5.92 Å². The van der Waals surface area contributed by atoms with Gasteiger partial charge in [-0.3, -0.25) is 4.79 Å². The van der Waals surface area contributed by atoms with E-state index in [9.17, 15) is 4.79 Å². The van der Waals surface area contributed by atoms with E-state index in [1.165, 1.54) is 0 Å². The van der Waals surface area contributed by atoms with Crippen LogP contribution in [0.2, 0.25) is 0 Å². The number of carbonyl (C=O) groups is 1. The Morgan fingerprint density at radius 2 is 2.17 bits per heavy atom. The van der Waals surface area contributed by atoms with Crippen LogP contribution in [-0.2, 0) is 4.79 Å². The zero-order valence-corrected chi connectivity index (χ0v) is 12.5. The van der Waals surface area contributed by atoms with Gasteiger partial charge in [0.25, 0.3) is 0 Å². The predicted octanol–water partition coefficient (Wildman–Crippen LogP) is 3.00. The number of hydrogen-bond donors (Lipinski definition) is 2. The van der Waals surface area contributed by atoms with Crippen LogP contribution in [0.1, 0.15) is 38.3 Å². The Balaban J connectivity index is 2.54. The van der Waals surface area contributed by atoms with Crippen LogP contribution in [0.4, 0.5) is 0 Å². The highest BCUT2D eigenvalue weighted by Crippen LogP contribution is 2.18. The van der Waals surface area contributed by atoms with E-state index < -0.39 is 0 Å². The summed E-state index contributed by atoms with van der Waals surface area (Å²) in [5.41, 5.74) is 6.55. The average molecular weight is 313 g/mol. The molecule has 100 valence electrons. The first kappa shape index (κ1) is 15.2. The first-order valence-corrected chi connectivity index (χ1v) is 7.09. The number of amides is 1. The van der Waals surface area contributed by atoms with Gasteiger partial charge in [-0.1, -0.05) is 35.0 Å². The molecule has 3 N–H and O–H groups in total. The number of hydrogen-bond acceptors (Lipinski definition) is 2. The molecule has 0 spiro atoms. The molecule has 0 aliphatic carbocycles. The lowest BCUT2D eigenvalue weighted by Crippen LogP contribution is -2.31. The van der Waals surface area contributed by atoms with E-state index in [-0.39, 0.29) is 17.9 Å². The molecule has 1 aromatic carbocycles. The SMILES string of the molecule is CC(CCCN)C(=O)N[C@H](C)c1cccc(Br)c1. The van der Waals surface area contributed by atoms with Crippen molar-refractivity contribution in [3.05, 3.63) is 34.3 Å². The Hall–Kier alpha value is -0.870. The lowest BCUT2D eigenvalue weighted by atomic mass is 10.0. The topological polar surface area (TPSA) is 55.1 Å². The third-order valence-corrected chi connectivity index (χ3v) is 3.49. The highest BCUT2D eigenvalue weighted by molar-refractivity contribution is 9.10. The van der Waals surface area contributed by atoms with Crippen molar-refractivity contribution >= 4 is 21.8 Å². The smallest absolute Gasteiger partial charge is 0.223 e. The molecule has 0 aromatic heterocycles. The van der Waals surface area contributed by atoms with Gasteiger partial charge in [0.15, 0.2) is 0 Å². The standard InChI is InChI=1S/C14H21BrN2O/c1-10(5-4-8-16)14(18)17-11(2)12-6-3-7-13(15)9-12/h3,6-7,9-11H,4-5,8,16H2,1-2H3,(H,17,18)/t10?,11-/m1/s1. The minimum Gasteiger partial charge on any atom is -0.349 e. The summed E-state index contributed by atoms with van der Waals surface area (Å²) in [4.78, 5) is 12.0. The van der Waals surface area contributed by atoms with E-state index in [4.69, 9.17) is 5.73 Å². The van der Waals surface area contributed by atoms with Crippen LogP contribution < -0.4 is 11.1 Å². The summed E-state index contributed by atoms with van der Waals surface area (Å²) in [5, 5.41) is 3.03. The van der Waals surface area contributed by atoms with Crippen molar-refractivity contribution < 1.29 is 4.79 Å². The van der Waals surface area contributed by atoms with E-state index in [0.29, 0.717) is 6.54 Å². The van der Waals surface area contributed by atoms with Gasteiger partial charge in [0.1, 0.15) is 0 Å². The Bertz CT molecular complexity index is 395. The molecule has 0 heterocycles. The molecule has 0 saturated carbocycles. The Morgan fingerprint density at radius 3 is 2.78 bits per heavy atom. The van der Waals surface area contributed by atoms with Crippen molar-refractivity contribution in [1.82, 2.24) is 5.32 Å². The summed E-state index contributed by atoms with van der Waals surface area (Å²) in [6, 6.07) is 8.01. The van der Waals surface area contributed by atoms with Crippen molar-refractivity contribution in [2.75, 3.05) is 6.54 Å². The number of halogens is 1. The fourth-order valence-electron chi connectivity index (χ4n) is 1.77. The Labute approximate surface area is 117 Å². The van der Waals surface area contributed by atoms with Crippen LogP contribution in [0.3, 0.4) is 0 Å². The average Bonchev–Trinajstić information content (AvgIpc) is 2.35. The minimum absolute atomic E-state index is 0.0168. The molecule has 18 heavy (non-hydrogen) atoms. The van der Waals surface area contributed by atoms with Gasteiger partial charge in [0.05, 0.1) is 6.04 Å². The maximum atomic E-state index is 12.0. The molecule has 1 amide bonds. The predicted molar refractivity (Wildman–Crippen MR) is 78.2 cm³/mol. The van der Waals surface area contributed by atoms with E-state index in [2.05, 4.69) is 21.2 Å². The lowest BCUT2D eigenvalue weighted by molar-refractivity contribution is -0.125. The summed E-state index contributed by atoms with van der Waals surface area (Å²) < 4.78 is 1.03. The van der Waals surface area contributed by atoms with Crippen molar-refractivity contribution in [3.63, 3.8) is 0 Å². The summed E-state index contributed by atoms with van der Waals surface area (Å²) in [6.45, 7) is 4.58. The third-order valence-electron chi connectivity index (χ3n) is 3.00. The molecular formula is C14H21BrN2O. The minimum atomic E-state index is 0.0168. The van der Waals surface area contributed by atoms with Crippen molar-refractivity contribution in [1.29, 1.82) is 0 Å². The highest BCUT2D eigenvalue weighted by atomic mass is 79.9. The maximum Gasteiger partial charge on any atom is 0.223 e. The first-order chi connectivity index (χ1) is 8.54. The number of carbonyl (C=O) groups excluding carboxylic acids is 1. The molecule has 4 heteroatoms. The highest BCUT2D eigenvalue weighted by Gasteiger charge is 2.15. The number of nitrogens with one attached hydrogen (secondary N) is 1. The molecule has 3 nitrogen and oxygen atoms in total. The van der Waals surface area contributed by atoms with Crippen molar-refractivity contribution in [3.8, 4) is 0 Å². The Kier molecular flexibility index (Phi) is 6.36. The normalized spacial score (nSPS) is 14.0. The zero-order chi connectivity index (χ0) is 13.5. The second-order valence-corrected chi connectivity index (χ2v) is 5.53. The van der Waals surface area contributed by atoms with E-state index in [1.807, 2.05) is 38.1 Å². The van der Waals surface area contributed by atoms with Gasteiger partial charge in [-0.15, -0.1) is 0 Å². The number of rotatable bonds is 6. The molecule has 1 rings (SSSR count). The van der Waals surface area contributed by atoms with Gasteiger partial charge in [-0.25, -0.2) is 0 Å². The molecule has 0 aliphatic rings. The molecule has 1 unspecified atom stereocenters. The van der Waals surface area contributed by atoms with Gasteiger partial charge in [-0.05, 0) is 44.0 Å². The van der Waals surface area contributed by atoms with Crippen molar-refractivity contribution in [2.24, 2.45) is 11.7 Å². The summed E-state index contributed by atoms with van der Waals surface area (Å²) in [7, 11) is 0. The lowest BCUT2D eigenvalue weighted by Gasteiger charge is -2.18. The maximum absolute atomic E-state index is 12.0. The summed E-state index contributed by atoms with van der Waals surface area (Å²) >= 11 is 3.43. The van der Waals surface area contributed by atoms with E-state index in [1.54, 1.807) is 0 Å². The van der Waals surface area contributed by atoms with Crippen LogP contribution in [0.15, 0.2) is 28.7 Å². The van der Waals surface area contributed by atoms with Crippen LogP contribution in [-0.4, -0.2) is 12.5 Å². The van der Waals surface area contributed by atoms with Crippen molar-refractivity contribution in [2.45, 2.75) is 32.7 Å².